The highest BCUT2D eigenvalue weighted by molar-refractivity contribution is 6.33. The summed E-state index contributed by atoms with van der Waals surface area (Å²) >= 11 is 11.8. The Balaban J connectivity index is 2.34. The highest BCUT2D eigenvalue weighted by atomic mass is 35.5. The first-order valence-corrected chi connectivity index (χ1v) is 5.42. The largest absolute Gasteiger partial charge is 0.339 e. The van der Waals surface area contributed by atoms with Crippen LogP contribution in [0.1, 0.15) is 5.56 Å². The summed E-state index contributed by atoms with van der Waals surface area (Å²) in [6.45, 7) is 1.97. The van der Waals surface area contributed by atoms with Gasteiger partial charge in [-0.15, -0.1) is 0 Å². The number of benzene rings is 1. The van der Waals surface area contributed by atoms with E-state index in [1.165, 1.54) is 6.33 Å². The van der Waals surface area contributed by atoms with Gasteiger partial charge in [-0.3, -0.25) is 0 Å². The molecule has 0 bridgehead atoms. The fraction of sp³-hybridized carbons (Fsp3) is 0.0909. The number of nitrogens with one attached hydrogen (secondary N) is 1. The number of para-hydroxylation sites is 1. The zero-order chi connectivity index (χ0) is 11.5. The Morgan fingerprint density at radius 1 is 1.19 bits per heavy atom. The molecule has 0 atom stereocenters. The summed E-state index contributed by atoms with van der Waals surface area (Å²) in [6.07, 6.45) is 1.40. The van der Waals surface area contributed by atoms with Gasteiger partial charge in [0.2, 0.25) is 0 Å². The molecule has 0 radical (unpaired) electrons. The average molecular weight is 254 g/mol. The topological polar surface area (TPSA) is 37.8 Å². The molecule has 0 aliphatic heterocycles. The van der Waals surface area contributed by atoms with Crippen molar-refractivity contribution in [1.29, 1.82) is 0 Å². The molecule has 16 heavy (non-hydrogen) atoms. The zero-order valence-corrected chi connectivity index (χ0v) is 10.0. The molecule has 0 fully saturated rings. The molecular formula is C11H9Cl2N3. The van der Waals surface area contributed by atoms with Gasteiger partial charge in [0.1, 0.15) is 17.3 Å². The smallest absolute Gasteiger partial charge is 0.135 e. The lowest BCUT2D eigenvalue weighted by Crippen LogP contribution is -1.96. The number of hydrogen-bond acceptors (Lipinski definition) is 3. The average Bonchev–Trinajstić information content (AvgIpc) is 2.24. The molecule has 1 N–H and O–H groups in total. The maximum atomic E-state index is 6.08. The van der Waals surface area contributed by atoms with Gasteiger partial charge in [-0.1, -0.05) is 35.3 Å². The maximum absolute atomic E-state index is 6.08. The third-order valence-corrected chi connectivity index (χ3v) is 2.63. The Morgan fingerprint density at radius 3 is 2.69 bits per heavy atom. The molecule has 0 saturated carbocycles. The summed E-state index contributed by atoms with van der Waals surface area (Å²) in [5, 5.41) is 4.15. The van der Waals surface area contributed by atoms with E-state index in [1.807, 2.05) is 25.1 Å². The van der Waals surface area contributed by atoms with Gasteiger partial charge in [0, 0.05) is 6.07 Å². The van der Waals surface area contributed by atoms with E-state index in [2.05, 4.69) is 15.3 Å². The minimum atomic E-state index is 0.391. The Labute approximate surface area is 103 Å². The molecular weight excluding hydrogens is 245 g/mol. The summed E-state index contributed by atoms with van der Waals surface area (Å²) in [7, 11) is 0. The van der Waals surface area contributed by atoms with E-state index < -0.39 is 0 Å². The first kappa shape index (κ1) is 11.2. The summed E-state index contributed by atoms with van der Waals surface area (Å²) in [5.41, 5.74) is 1.88. The number of hydrogen-bond donors (Lipinski definition) is 1. The molecule has 5 heteroatoms. The van der Waals surface area contributed by atoms with Crippen molar-refractivity contribution in [3.63, 3.8) is 0 Å². The van der Waals surface area contributed by atoms with Gasteiger partial charge in [-0.25, -0.2) is 9.97 Å². The van der Waals surface area contributed by atoms with E-state index >= 15 is 0 Å². The van der Waals surface area contributed by atoms with Crippen molar-refractivity contribution >= 4 is 34.7 Å². The number of aromatic nitrogens is 2. The van der Waals surface area contributed by atoms with Gasteiger partial charge in [0.15, 0.2) is 0 Å². The summed E-state index contributed by atoms with van der Waals surface area (Å²) < 4.78 is 0. The molecule has 0 aliphatic rings. The van der Waals surface area contributed by atoms with Crippen molar-refractivity contribution in [2.75, 3.05) is 5.32 Å². The molecule has 82 valence electrons. The van der Waals surface area contributed by atoms with Crippen molar-refractivity contribution in [2.24, 2.45) is 0 Å². The van der Waals surface area contributed by atoms with Gasteiger partial charge in [0.25, 0.3) is 0 Å². The van der Waals surface area contributed by atoms with Crippen LogP contribution in [0.3, 0.4) is 0 Å². The van der Waals surface area contributed by atoms with Gasteiger partial charge >= 0.3 is 0 Å². The molecule has 0 saturated heterocycles. The first-order chi connectivity index (χ1) is 7.66. The number of aryl methyl sites for hydroxylation is 1. The monoisotopic (exact) mass is 253 g/mol. The standard InChI is InChI=1S/C11H9Cl2N3/c1-7-3-2-4-8(12)11(7)16-10-5-9(13)14-6-15-10/h2-6H,1H3,(H,14,15,16). The number of nitrogens with zero attached hydrogens (tertiary/aromatic N) is 2. The normalized spacial score (nSPS) is 10.2. The molecule has 1 aromatic carbocycles. The fourth-order valence-corrected chi connectivity index (χ4v) is 1.74. The number of rotatable bonds is 2. The molecule has 0 aliphatic carbocycles. The van der Waals surface area contributed by atoms with Crippen LogP contribution in [0, 0.1) is 6.92 Å². The van der Waals surface area contributed by atoms with Crippen molar-refractivity contribution in [1.82, 2.24) is 9.97 Å². The van der Waals surface area contributed by atoms with E-state index in [0.717, 1.165) is 11.3 Å². The van der Waals surface area contributed by atoms with E-state index in [9.17, 15) is 0 Å². The Kier molecular flexibility index (Phi) is 3.27. The van der Waals surface area contributed by atoms with Crippen LogP contribution in [0.5, 0.6) is 0 Å². The first-order valence-electron chi connectivity index (χ1n) is 4.66. The molecule has 0 spiro atoms. The lowest BCUT2D eigenvalue weighted by Gasteiger charge is -2.10. The van der Waals surface area contributed by atoms with Crippen LogP contribution in [-0.4, -0.2) is 9.97 Å². The van der Waals surface area contributed by atoms with Crippen LogP contribution in [0.4, 0.5) is 11.5 Å². The van der Waals surface area contributed by atoms with Crippen molar-refractivity contribution in [3.05, 3.63) is 46.3 Å². The fourth-order valence-electron chi connectivity index (χ4n) is 1.32. The van der Waals surface area contributed by atoms with Crippen molar-refractivity contribution in [3.8, 4) is 0 Å². The van der Waals surface area contributed by atoms with E-state index in [4.69, 9.17) is 23.2 Å². The quantitative estimate of drug-likeness (QED) is 0.827. The zero-order valence-electron chi connectivity index (χ0n) is 8.54. The van der Waals surface area contributed by atoms with E-state index in [0.29, 0.717) is 16.0 Å². The van der Waals surface area contributed by atoms with Crippen LogP contribution >= 0.6 is 23.2 Å². The van der Waals surface area contributed by atoms with Crippen molar-refractivity contribution in [2.45, 2.75) is 6.92 Å². The summed E-state index contributed by atoms with van der Waals surface area (Å²) in [4.78, 5) is 7.86. The maximum Gasteiger partial charge on any atom is 0.135 e. The predicted molar refractivity (Wildman–Crippen MR) is 66.5 cm³/mol. The molecule has 0 amide bonds. The second-order valence-corrected chi connectivity index (χ2v) is 4.08. The number of halogens is 2. The third kappa shape index (κ3) is 2.43. The van der Waals surface area contributed by atoms with Gasteiger partial charge in [-0.05, 0) is 18.6 Å². The second kappa shape index (κ2) is 4.68. The molecule has 2 aromatic rings. The second-order valence-electron chi connectivity index (χ2n) is 3.28. The Bertz CT molecular complexity index is 494. The lowest BCUT2D eigenvalue weighted by atomic mass is 10.2. The Hall–Kier alpha value is -1.32. The van der Waals surface area contributed by atoms with Crippen LogP contribution in [-0.2, 0) is 0 Å². The molecule has 3 nitrogen and oxygen atoms in total. The molecule has 0 unspecified atom stereocenters. The van der Waals surface area contributed by atoms with E-state index in [1.54, 1.807) is 6.07 Å². The highest BCUT2D eigenvalue weighted by Crippen LogP contribution is 2.28. The molecule has 1 aromatic heterocycles. The van der Waals surface area contributed by atoms with Crippen LogP contribution < -0.4 is 5.32 Å². The minimum Gasteiger partial charge on any atom is -0.339 e. The lowest BCUT2D eigenvalue weighted by molar-refractivity contribution is 1.17. The molecule has 1 heterocycles. The SMILES string of the molecule is Cc1cccc(Cl)c1Nc1cc(Cl)ncn1. The Morgan fingerprint density at radius 2 is 2.00 bits per heavy atom. The van der Waals surface area contributed by atoms with Crippen LogP contribution in [0.2, 0.25) is 10.2 Å². The van der Waals surface area contributed by atoms with Crippen molar-refractivity contribution < 1.29 is 0 Å². The summed E-state index contributed by atoms with van der Waals surface area (Å²) in [6, 6.07) is 7.33. The van der Waals surface area contributed by atoms with Crippen LogP contribution in [0.25, 0.3) is 0 Å². The van der Waals surface area contributed by atoms with Gasteiger partial charge in [-0.2, -0.15) is 0 Å². The summed E-state index contributed by atoms with van der Waals surface area (Å²) in [5.74, 6) is 0.621. The number of anilines is 2. The predicted octanol–water partition coefficient (Wildman–Crippen LogP) is 3.84. The minimum absolute atomic E-state index is 0.391. The van der Waals surface area contributed by atoms with E-state index in [-0.39, 0.29) is 0 Å². The highest BCUT2D eigenvalue weighted by Gasteiger charge is 2.04. The van der Waals surface area contributed by atoms with Crippen LogP contribution in [0.15, 0.2) is 30.6 Å². The van der Waals surface area contributed by atoms with Gasteiger partial charge < -0.3 is 5.32 Å². The molecule has 2 rings (SSSR count). The third-order valence-electron chi connectivity index (χ3n) is 2.11. The van der Waals surface area contributed by atoms with Gasteiger partial charge in [0.05, 0.1) is 10.7 Å².